The van der Waals surface area contributed by atoms with Crippen molar-refractivity contribution in [1.82, 2.24) is 0 Å². The van der Waals surface area contributed by atoms with Gasteiger partial charge in [0.2, 0.25) is 11.7 Å². The predicted octanol–water partition coefficient (Wildman–Crippen LogP) is 3.15. The first-order chi connectivity index (χ1) is 9.06. The van der Waals surface area contributed by atoms with Gasteiger partial charge in [0, 0.05) is 18.3 Å². The number of hydrogen-bond donors (Lipinski definition) is 0. The lowest BCUT2D eigenvalue weighted by atomic mass is 10.0. The van der Waals surface area contributed by atoms with Crippen molar-refractivity contribution in [2.45, 2.75) is 6.42 Å². The van der Waals surface area contributed by atoms with E-state index >= 15 is 0 Å². The Bertz CT molecular complexity index is 693. The Balaban J connectivity index is 1.98. The number of thiophene rings is 1. The topological polar surface area (TPSA) is 37.4 Å². The Kier molecular flexibility index (Phi) is 2.92. The van der Waals surface area contributed by atoms with Gasteiger partial charge in [-0.05, 0) is 35.9 Å². The lowest BCUT2D eigenvalue weighted by Gasteiger charge is -2.09. The van der Waals surface area contributed by atoms with Crippen LogP contribution in [0.25, 0.3) is 0 Å². The fourth-order valence-electron chi connectivity index (χ4n) is 2.19. The number of benzene rings is 1. The number of hydrogen-bond acceptors (Lipinski definition) is 3. The van der Waals surface area contributed by atoms with E-state index in [9.17, 15) is 9.59 Å². The highest BCUT2D eigenvalue weighted by molar-refractivity contribution is 7.18. The number of likely N-dealkylation sites (N-methyl/N-ethyl adjacent to an activating group) is 1. The highest BCUT2D eigenvalue weighted by atomic mass is 35.5. The average molecular weight is 292 g/mol. The molecule has 5 heteroatoms. The van der Waals surface area contributed by atoms with Crippen molar-refractivity contribution >= 4 is 40.3 Å². The Hall–Kier alpha value is -1.65. The van der Waals surface area contributed by atoms with Crippen LogP contribution in [0.3, 0.4) is 0 Å². The van der Waals surface area contributed by atoms with E-state index in [1.807, 2.05) is 6.07 Å². The first-order valence-corrected chi connectivity index (χ1v) is 6.95. The van der Waals surface area contributed by atoms with E-state index in [1.165, 1.54) is 11.3 Å². The SMILES string of the molecule is CN1C(=O)Cc2cc(C(=O)c3ccc(Cl)s3)ccc21. The first-order valence-electron chi connectivity index (χ1n) is 5.76. The van der Waals surface area contributed by atoms with E-state index in [4.69, 9.17) is 11.6 Å². The van der Waals surface area contributed by atoms with E-state index in [-0.39, 0.29) is 11.7 Å². The summed E-state index contributed by atoms with van der Waals surface area (Å²) in [5, 5.41) is 0. The van der Waals surface area contributed by atoms with Crippen molar-refractivity contribution in [3.8, 4) is 0 Å². The van der Waals surface area contributed by atoms with Crippen LogP contribution >= 0.6 is 22.9 Å². The number of halogens is 1. The van der Waals surface area contributed by atoms with Gasteiger partial charge in [-0.3, -0.25) is 9.59 Å². The number of nitrogens with zero attached hydrogens (tertiary/aromatic N) is 1. The van der Waals surface area contributed by atoms with E-state index in [0.29, 0.717) is 21.2 Å². The third-order valence-electron chi connectivity index (χ3n) is 3.22. The number of amides is 1. The monoisotopic (exact) mass is 291 g/mol. The molecule has 1 aliphatic rings. The molecule has 0 unspecified atom stereocenters. The summed E-state index contributed by atoms with van der Waals surface area (Å²) < 4.78 is 0.597. The molecule has 0 fully saturated rings. The zero-order chi connectivity index (χ0) is 13.6. The molecular formula is C14H10ClNO2S. The normalized spacial score (nSPS) is 13.8. The summed E-state index contributed by atoms with van der Waals surface area (Å²) >= 11 is 7.10. The van der Waals surface area contributed by atoms with E-state index in [0.717, 1.165) is 11.3 Å². The number of ketones is 1. The number of anilines is 1. The molecule has 0 atom stereocenters. The van der Waals surface area contributed by atoms with Crippen LogP contribution in [0, 0.1) is 0 Å². The molecule has 1 aromatic carbocycles. The molecule has 0 bridgehead atoms. The smallest absolute Gasteiger partial charge is 0.231 e. The maximum Gasteiger partial charge on any atom is 0.231 e. The Morgan fingerprint density at radius 3 is 2.79 bits per heavy atom. The average Bonchev–Trinajstić information content (AvgIpc) is 2.94. The fourth-order valence-corrected chi connectivity index (χ4v) is 3.20. The van der Waals surface area contributed by atoms with Gasteiger partial charge < -0.3 is 4.90 Å². The largest absolute Gasteiger partial charge is 0.315 e. The maximum atomic E-state index is 12.3. The molecular weight excluding hydrogens is 282 g/mol. The molecule has 0 N–H and O–H groups in total. The van der Waals surface area contributed by atoms with Crippen LogP contribution < -0.4 is 4.90 Å². The zero-order valence-electron chi connectivity index (χ0n) is 10.1. The minimum Gasteiger partial charge on any atom is -0.315 e. The summed E-state index contributed by atoms with van der Waals surface area (Å²) in [5.74, 6) is 0.000434. The molecule has 19 heavy (non-hydrogen) atoms. The molecule has 2 aromatic rings. The molecule has 0 aliphatic carbocycles. The Morgan fingerprint density at radius 2 is 2.11 bits per heavy atom. The molecule has 3 nitrogen and oxygen atoms in total. The third-order valence-corrected chi connectivity index (χ3v) is 4.45. The minimum absolute atomic E-state index is 0.0540. The molecule has 1 amide bonds. The van der Waals surface area contributed by atoms with Crippen molar-refractivity contribution in [3.05, 3.63) is 50.7 Å². The summed E-state index contributed by atoms with van der Waals surface area (Å²) in [7, 11) is 1.74. The summed E-state index contributed by atoms with van der Waals surface area (Å²) in [6.45, 7) is 0. The Labute approximate surface area is 119 Å². The van der Waals surface area contributed by atoms with Crippen LogP contribution in [0.15, 0.2) is 30.3 Å². The van der Waals surface area contributed by atoms with Crippen molar-refractivity contribution < 1.29 is 9.59 Å². The molecule has 96 valence electrons. The van der Waals surface area contributed by atoms with Crippen LogP contribution in [-0.2, 0) is 11.2 Å². The van der Waals surface area contributed by atoms with E-state index in [1.54, 1.807) is 36.2 Å². The van der Waals surface area contributed by atoms with Crippen LogP contribution in [-0.4, -0.2) is 18.7 Å². The number of fused-ring (bicyclic) bond motifs is 1. The lowest BCUT2D eigenvalue weighted by Crippen LogP contribution is -2.20. The van der Waals surface area contributed by atoms with Crippen molar-refractivity contribution in [1.29, 1.82) is 0 Å². The summed E-state index contributed by atoms with van der Waals surface area (Å²) in [6.07, 6.45) is 0.359. The van der Waals surface area contributed by atoms with Crippen molar-refractivity contribution in [2.75, 3.05) is 11.9 Å². The molecule has 0 spiro atoms. The third kappa shape index (κ3) is 2.07. The van der Waals surface area contributed by atoms with Gasteiger partial charge in [0.05, 0.1) is 15.6 Å². The molecule has 0 saturated heterocycles. The standard InChI is InChI=1S/C14H10ClNO2S/c1-16-10-3-2-8(6-9(10)7-13(16)17)14(18)11-4-5-12(15)19-11/h2-6H,7H2,1H3. The predicted molar refractivity (Wildman–Crippen MR) is 76.3 cm³/mol. The van der Waals surface area contributed by atoms with Gasteiger partial charge >= 0.3 is 0 Å². The molecule has 1 aliphatic heterocycles. The highest BCUT2D eigenvalue weighted by Crippen LogP contribution is 2.30. The Morgan fingerprint density at radius 1 is 1.32 bits per heavy atom. The van der Waals surface area contributed by atoms with Gasteiger partial charge in [0.25, 0.3) is 0 Å². The minimum atomic E-state index is -0.0540. The second-order valence-electron chi connectivity index (χ2n) is 4.41. The fraction of sp³-hybridized carbons (Fsp3) is 0.143. The number of carbonyl (C=O) groups excluding carboxylic acids is 2. The van der Waals surface area contributed by atoms with Gasteiger partial charge in [-0.1, -0.05) is 11.6 Å². The highest BCUT2D eigenvalue weighted by Gasteiger charge is 2.25. The van der Waals surface area contributed by atoms with Crippen molar-refractivity contribution in [3.63, 3.8) is 0 Å². The number of carbonyl (C=O) groups is 2. The maximum absolute atomic E-state index is 12.3. The van der Waals surface area contributed by atoms with Crippen molar-refractivity contribution in [2.24, 2.45) is 0 Å². The van der Waals surface area contributed by atoms with Gasteiger partial charge in [-0.2, -0.15) is 0 Å². The molecule has 0 radical (unpaired) electrons. The zero-order valence-corrected chi connectivity index (χ0v) is 11.7. The van der Waals surface area contributed by atoms with E-state index < -0.39 is 0 Å². The summed E-state index contributed by atoms with van der Waals surface area (Å²) in [5.41, 5.74) is 2.38. The van der Waals surface area contributed by atoms with Crippen LogP contribution in [0.5, 0.6) is 0 Å². The van der Waals surface area contributed by atoms with Crippen LogP contribution in [0.4, 0.5) is 5.69 Å². The second-order valence-corrected chi connectivity index (χ2v) is 6.12. The molecule has 2 heterocycles. The van der Waals surface area contributed by atoms with Gasteiger partial charge in [0.15, 0.2) is 0 Å². The van der Waals surface area contributed by atoms with Gasteiger partial charge in [-0.25, -0.2) is 0 Å². The van der Waals surface area contributed by atoms with Crippen LogP contribution in [0.2, 0.25) is 4.34 Å². The van der Waals surface area contributed by atoms with Crippen LogP contribution in [0.1, 0.15) is 20.8 Å². The molecule has 1 aromatic heterocycles. The second kappa shape index (κ2) is 4.47. The van der Waals surface area contributed by atoms with E-state index in [2.05, 4.69) is 0 Å². The summed E-state index contributed by atoms with van der Waals surface area (Å²) in [6, 6.07) is 8.81. The number of rotatable bonds is 2. The quantitative estimate of drug-likeness (QED) is 0.797. The lowest BCUT2D eigenvalue weighted by molar-refractivity contribution is -0.117. The first kappa shape index (κ1) is 12.4. The van der Waals surface area contributed by atoms with Gasteiger partial charge in [0.1, 0.15) is 0 Å². The summed E-state index contributed by atoms with van der Waals surface area (Å²) in [4.78, 5) is 26.1. The molecule has 3 rings (SSSR count). The molecule has 0 saturated carbocycles. The van der Waals surface area contributed by atoms with Gasteiger partial charge in [-0.15, -0.1) is 11.3 Å².